The van der Waals surface area contributed by atoms with Crippen molar-refractivity contribution >= 4 is 64.8 Å². The molecule has 0 amide bonds. The zero-order valence-electron chi connectivity index (χ0n) is 45.6. The number of benzene rings is 14. The molecule has 0 unspecified atom stereocenters. The average molecular weight is 1060 g/mol. The molecule has 2 aliphatic carbocycles. The summed E-state index contributed by atoms with van der Waals surface area (Å²) in [6.07, 6.45) is 6.01. The van der Waals surface area contributed by atoms with Crippen LogP contribution in [-0.2, 0) is 0 Å². The summed E-state index contributed by atoms with van der Waals surface area (Å²) in [6.45, 7) is 0. The van der Waals surface area contributed by atoms with Crippen molar-refractivity contribution in [2.24, 2.45) is 0 Å². The summed E-state index contributed by atoms with van der Waals surface area (Å²) in [4.78, 5) is 9.78. The minimum absolute atomic E-state index is 0.988. The predicted molar refractivity (Wildman–Crippen MR) is 354 cm³/mol. The molecule has 84 heavy (non-hydrogen) atoms. The zero-order valence-corrected chi connectivity index (χ0v) is 45.6. The first-order valence-electron chi connectivity index (χ1n) is 29.0. The molecule has 2 heterocycles. The fourth-order valence-electron chi connectivity index (χ4n) is 14.1. The Labute approximate surface area is 485 Å². The van der Waals surface area contributed by atoms with Crippen molar-refractivity contribution in [3.63, 3.8) is 0 Å². The second-order valence-electron chi connectivity index (χ2n) is 22.8. The maximum Gasteiger partial charge on any atom is 0.0702 e. The third kappa shape index (κ3) is 7.31. The van der Waals surface area contributed by atoms with Crippen LogP contribution in [0.2, 0.25) is 0 Å². The van der Waals surface area contributed by atoms with Gasteiger partial charge in [0.1, 0.15) is 0 Å². The topological polar surface area (TPSA) is 25.8 Å². The van der Waals surface area contributed by atoms with Gasteiger partial charge < -0.3 is 0 Å². The van der Waals surface area contributed by atoms with E-state index >= 15 is 0 Å². The van der Waals surface area contributed by atoms with Gasteiger partial charge in [-0.05, 0) is 220 Å². The van der Waals surface area contributed by atoms with E-state index in [9.17, 15) is 0 Å². The molecule has 2 aliphatic rings. The fourth-order valence-corrected chi connectivity index (χ4v) is 14.1. The maximum atomic E-state index is 4.99. The van der Waals surface area contributed by atoms with Crippen LogP contribution in [0.1, 0.15) is 0 Å². The highest BCUT2D eigenvalue weighted by molar-refractivity contribution is 6.20. The lowest BCUT2D eigenvalue weighted by molar-refractivity contribution is 1.33. The molecule has 2 heteroatoms. The van der Waals surface area contributed by atoms with Crippen molar-refractivity contribution in [1.29, 1.82) is 0 Å². The second kappa shape index (κ2) is 18.2. The molecule has 0 aliphatic heterocycles. The van der Waals surface area contributed by atoms with Crippen molar-refractivity contribution in [3.8, 4) is 122 Å². The minimum atomic E-state index is 0.988. The monoisotopic (exact) mass is 1060 g/mol. The van der Waals surface area contributed by atoms with Crippen LogP contribution >= 0.6 is 0 Å². The Hall–Kier alpha value is -11.1. The smallest absolute Gasteiger partial charge is 0.0702 e. The van der Waals surface area contributed by atoms with Crippen LogP contribution < -0.4 is 0 Å². The molecule has 0 radical (unpaired) electrons. The molecule has 14 aromatic carbocycles. The summed E-state index contributed by atoms with van der Waals surface area (Å²) >= 11 is 0. The molecule has 2 aromatic heterocycles. The third-order valence-corrected chi connectivity index (χ3v) is 18.2. The Balaban J connectivity index is 0.615. The molecular weight excluding hydrogens is 1010 g/mol. The van der Waals surface area contributed by atoms with E-state index in [-0.39, 0.29) is 0 Å². The van der Waals surface area contributed by atoms with Crippen LogP contribution in [0.25, 0.3) is 187 Å². The van der Waals surface area contributed by atoms with Crippen molar-refractivity contribution in [1.82, 2.24) is 9.97 Å². The number of hydrogen-bond donors (Lipinski definition) is 0. The molecule has 0 saturated carbocycles. The molecule has 0 saturated heterocycles. The van der Waals surface area contributed by atoms with E-state index in [0.29, 0.717) is 0 Å². The van der Waals surface area contributed by atoms with Gasteiger partial charge in [-0.15, -0.1) is 0 Å². The van der Waals surface area contributed by atoms with Gasteiger partial charge in [-0.25, -0.2) is 0 Å². The van der Waals surface area contributed by atoms with Gasteiger partial charge in [0.05, 0.1) is 5.52 Å². The third-order valence-electron chi connectivity index (χ3n) is 18.2. The summed E-state index contributed by atoms with van der Waals surface area (Å²) in [5.74, 6) is 0. The number of hydrogen-bond acceptors (Lipinski definition) is 2. The van der Waals surface area contributed by atoms with Crippen molar-refractivity contribution < 1.29 is 0 Å². The Bertz CT molecular complexity index is 5450. The first-order valence-corrected chi connectivity index (χ1v) is 29.0. The SMILES string of the molecule is c1cc(-c2ccc3ccc(-c4cccc5cc(-c6ccc7cc(-c8cncc(-c9ccc%10c%11c(cccc9%11)-c9ccccc9-%10)c8)ccc7c6)ccc45)cc3c2)cc(-c2cnc3ccc(-c4ccc5c6c(cccc46)-c4ccccc4-5)cc3c2)c1. The van der Waals surface area contributed by atoms with E-state index < -0.39 is 0 Å². The summed E-state index contributed by atoms with van der Waals surface area (Å²) in [5, 5.41) is 13.6. The molecule has 0 spiro atoms. The molecule has 0 fully saturated rings. The first kappa shape index (κ1) is 46.7. The molecular formula is C82H48N2. The minimum Gasteiger partial charge on any atom is -0.263 e. The molecule has 0 N–H and O–H groups in total. The molecule has 2 nitrogen and oxygen atoms in total. The maximum absolute atomic E-state index is 4.99. The fraction of sp³-hybridized carbons (Fsp3) is 0. The van der Waals surface area contributed by atoms with Crippen LogP contribution in [0.15, 0.2) is 292 Å². The quantitative estimate of drug-likeness (QED) is 0.159. The molecule has 18 rings (SSSR count). The summed E-state index contributed by atoms with van der Waals surface area (Å²) in [6, 6.07) is 101. The van der Waals surface area contributed by atoms with Crippen LogP contribution in [-0.4, -0.2) is 9.97 Å². The van der Waals surface area contributed by atoms with E-state index in [1.807, 2.05) is 18.6 Å². The highest BCUT2D eigenvalue weighted by atomic mass is 14.7. The average Bonchev–Trinajstić information content (AvgIpc) is 2.06. The largest absolute Gasteiger partial charge is 0.263 e. The van der Waals surface area contributed by atoms with Crippen molar-refractivity contribution in [3.05, 3.63) is 292 Å². The van der Waals surface area contributed by atoms with Crippen LogP contribution in [0.3, 0.4) is 0 Å². The Morgan fingerprint density at radius 2 is 0.571 bits per heavy atom. The van der Waals surface area contributed by atoms with Crippen LogP contribution in [0, 0.1) is 0 Å². The number of rotatable bonds is 7. The van der Waals surface area contributed by atoms with Gasteiger partial charge >= 0.3 is 0 Å². The van der Waals surface area contributed by atoms with E-state index in [4.69, 9.17) is 9.97 Å². The van der Waals surface area contributed by atoms with Crippen LogP contribution in [0.5, 0.6) is 0 Å². The predicted octanol–water partition coefficient (Wildman–Crippen LogP) is 22.4. The molecule has 0 atom stereocenters. The number of nitrogens with zero attached hydrogens (tertiary/aromatic N) is 2. The standard InChI is InChI=1S/C82H48N2/c1-3-14-72-70(12-1)76-19-7-17-74-68(32-34-78(72)81(74)76)60-30-36-80-62(43-60)44-64(48-84-80)51-10-5-9-50(37-51)55-23-21-49-22-28-59(42-61(49)41-55)66-16-6-11-58-40-56(29-31-67(58)66)53-24-25-54-39-57(27-26-52(54)38-53)63-45-65(47-83-46-63)69-33-35-79-73-15-4-2-13-71(73)77-20-8-18-75(69)82(77)79/h1-48H. The van der Waals surface area contributed by atoms with Gasteiger partial charge in [-0.2, -0.15) is 0 Å². The second-order valence-corrected chi connectivity index (χ2v) is 22.8. The highest BCUT2D eigenvalue weighted by Crippen LogP contribution is 2.51. The number of fused-ring (bicyclic) bond motifs is 10. The number of pyridine rings is 2. The first-order chi connectivity index (χ1) is 41.6. The zero-order chi connectivity index (χ0) is 55.0. The lowest BCUT2D eigenvalue weighted by atomic mass is 9.92. The van der Waals surface area contributed by atoms with Gasteiger partial charge in [0, 0.05) is 40.7 Å². The van der Waals surface area contributed by atoms with Crippen molar-refractivity contribution in [2.45, 2.75) is 0 Å². The van der Waals surface area contributed by atoms with Crippen LogP contribution in [0.4, 0.5) is 0 Å². The highest BCUT2D eigenvalue weighted by Gasteiger charge is 2.24. The lowest BCUT2D eigenvalue weighted by Crippen LogP contribution is -1.88. The summed E-state index contributed by atoms with van der Waals surface area (Å²) in [7, 11) is 0. The van der Waals surface area contributed by atoms with Gasteiger partial charge in [0.25, 0.3) is 0 Å². The molecule has 16 aromatic rings. The van der Waals surface area contributed by atoms with Gasteiger partial charge in [0.15, 0.2) is 0 Å². The van der Waals surface area contributed by atoms with E-state index in [1.54, 1.807) is 0 Å². The summed E-state index contributed by atoms with van der Waals surface area (Å²) in [5.41, 5.74) is 28.0. The molecule has 0 bridgehead atoms. The van der Waals surface area contributed by atoms with Crippen molar-refractivity contribution in [2.75, 3.05) is 0 Å². The van der Waals surface area contributed by atoms with Gasteiger partial charge in [-0.3, -0.25) is 9.97 Å². The lowest BCUT2D eigenvalue weighted by Gasteiger charge is -2.12. The summed E-state index contributed by atoms with van der Waals surface area (Å²) < 4.78 is 0. The van der Waals surface area contributed by atoms with Gasteiger partial charge in [-0.1, -0.05) is 212 Å². The molecule has 386 valence electrons. The Morgan fingerprint density at radius 3 is 1.24 bits per heavy atom. The number of aromatic nitrogens is 2. The van der Waals surface area contributed by atoms with E-state index in [1.165, 1.54) is 148 Å². The Kier molecular flexibility index (Phi) is 10.1. The van der Waals surface area contributed by atoms with E-state index in [0.717, 1.165) is 38.7 Å². The van der Waals surface area contributed by atoms with E-state index in [2.05, 4.69) is 273 Å². The van der Waals surface area contributed by atoms with Gasteiger partial charge in [0.2, 0.25) is 0 Å². The Morgan fingerprint density at radius 1 is 0.179 bits per heavy atom. The normalized spacial score (nSPS) is 12.0.